The highest BCUT2D eigenvalue weighted by atomic mass is 32.2. The molecule has 98 valence electrons. The third-order valence-electron chi connectivity index (χ3n) is 2.99. The van der Waals surface area contributed by atoms with E-state index in [0.29, 0.717) is 13.0 Å². The van der Waals surface area contributed by atoms with E-state index in [1.165, 1.54) is 16.6 Å². The minimum atomic E-state index is -3.73. The van der Waals surface area contributed by atoms with Crippen LogP contribution in [0.15, 0.2) is 29.4 Å². The fraction of sp³-hybridized carbons (Fsp3) is 0.455. The van der Waals surface area contributed by atoms with Crippen molar-refractivity contribution < 1.29 is 13.2 Å². The Bertz CT molecular complexity index is 530. The van der Waals surface area contributed by atoms with E-state index in [1.54, 1.807) is 12.1 Å². The number of amides is 1. The summed E-state index contributed by atoms with van der Waals surface area (Å²) in [6, 6.07) is 3.90. The zero-order chi connectivity index (χ0) is 13.2. The number of carbonyl (C=O) groups is 1. The van der Waals surface area contributed by atoms with E-state index in [0.717, 1.165) is 12.8 Å². The van der Waals surface area contributed by atoms with Gasteiger partial charge in [-0.3, -0.25) is 4.79 Å². The van der Waals surface area contributed by atoms with Crippen LogP contribution < -0.4 is 5.73 Å². The normalized spacial score (nSPS) is 21.7. The SMILES string of the molecule is NC(=O)[C@H]1CCCCN1S(=O)(=O)c1ccccn1. The largest absolute Gasteiger partial charge is 0.368 e. The Morgan fingerprint density at radius 2 is 2.17 bits per heavy atom. The van der Waals surface area contributed by atoms with Gasteiger partial charge in [-0.2, -0.15) is 4.31 Å². The quantitative estimate of drug-likeness (QED) is 0.842. The van der Waals surface area contributed by atoms with Crippen LogP contribution in [0.3, 0.4) is 0 Å². The number of hydrogen-bond acceptors (Lipinski definition) is 4. The predicted molar refractivity (Wildman–Crippen MR) is 65.0 cm³/mol. The fourth-order valence-corrected chi connectivity index (χ4v) is 3.70. The topological polar surface area (TPSA) is 93.4 Å². The van der Waals surface area contributed by atoms with Crippen molar-refractivity contribution in [2.24, 2.45) is 5.73 Å². The van der Waals surface area contributed by atoms with Crippen molar-refractivity contribution in [1.82, 2.24) is 9.29 Å². The number of piperidine rings is 1. The predicted octanol–water partition coefficient (Wildman–Crippen LogP) is 0.110. The van der Waals surface area contributed by atoms with Crippen LogP contribution in [0.4, 0.5) is 0 Å². The molecule has 0 bridgehead atoms. The fourth-order valence-electron chi connectivity index (χ4n) is 2.10. The molecule has 0 aliphatic carbocycles. The van der Waals surface area contributed by atoms with E-state index in [9.17, 15) is 13.2 Å². The van der Waals surface area contributed by atoms with Crippen LogP contribution in [0.25, 0.3) is 0 Å². The second-order valence-corrected chi connectivity index (χ2v) is 6.04. The molecule has 18 heavy (non-hydrogen) atoms. The van der Waals surface area contributed by atoms with Gasteiger partial charge in [0.25, 0.3) is 10.0 Å². The van der Waals surface area contributed by atoms with Gasteiger partial charge in [-0.05, 0) is 25.0 Å². The maximum absolute atomic E-state index is 12.4. The van der Waals surface area contributed by atoms with Crippen LogP contribution in [-0.4, -0.2) is 36.2 Å². The van der Waals surface area contributed by atoms with Crippen molar-refractivity contribution in [2.45, 2.75) is 30.3 Å². The molecule has 1 aromatic rings. The number of sulfonamides is 1. The van der Waals surface area contributed by atoms with E-state index >= 15 is 0 Å². The van der Waals surface area contributed by atoms with Gasteiger partial charge < -0.3 is 5.73 Å². The first-order valence-electron chi connectivity index (χ1n) is 5.75. The van der Waals surface area contributed by atoms with E-state index in [-0.39, 0.29) is 5.03 Å². The van der Waals surface area contributed by atoms with Crippen LogP contribution in [0.5, 0.6) is 0 Å². The second-order valence-electron chi connectivity index (χ2n) is 4.20. The number of pyridine rings is 1. The van der Waals surface area contributed by atoms with Crippen molar-refractivity contribution in [3.8, 4) is 0 Å². The number of nitrogens with zero attached hydrogens (tertiary/aromatic N) is 2. The number of hydrogen-bond donors (Lipinski definition) is 1. The van der Waals surface area contributed by atoms with Gasteiger partial charge in [0.1, 0.15) is 6.04 Å². The summed E-state index contributed by atoms with van der Waals surface area (Å²) in [6.07, 6.45) is 3.43. The number of nitrogens with two attached hydrogens (primary N) is 1. The molecule has 1 aromatic heterocycles. The number of primary amides is 1. The van der Waals surface area contributed by atoms with Gasteiger partial charge >= 0.3 is 0 Å². The van der Waals surface area contributed by atoms with Crippen molar-refractivity contribution in [3.63, 3.8) is 0 Å². The highest BCUT2D eigenvalue weighted by Gasteiger charge is 2.37. The van der Waals surface area contributed by atoms with Crippen molar-refractivity contribution in [1.29, 1.82) is 0 Å². The first kappa shape index (κ1) is 13.0. The standard InChI is InChI=1S/C11H15N3O3S/c12-11(15)9-5-2-4-8-14(9)18(16,17)10-6-1-3-7-13-10/h1,3,6-7,9H,2,4-5,8H2,(H2,12,15)/t9-/m1/s1. The lowest BCUT2D eigenvalue weighted by Gasteiger charge is -2.32. The van der Waals surface area contributed by atoms with Gasteiger partial charge in [0.2, 0.25) is 5.91 Å². The monoisotopic (exact) mass is 269 g/mol. The van der Waals surface area contributed by atoms with Gasteiger partial charge in [-0.1, -0.05) is 12.5 Å². The summed E-state index contributed by atoms with van der Waals surface area (Å²) in [5, 5.41) is -0.0434. The summed E-state index contributed by atoms with van der Waals surface area (Å²) in [5.74, 6) is -0.603. The maximum atomic E-state index is 12.4. The molecule has 2 N–H and O–H groups in total. The average molecular weight is 269 g/mol. The van der Waals surface area contributed by atoms with Gasteiger partial charge in [-0.15, -0.1) is 0 Å². The second kappa shape index (κ2) is 5.03. The summed E-state index contributed by atoms with van der Waals surface area (Å²) in [7, 11) is -3.73. The molecular formula is C11H15N3O3S. The molecular weight excluding hydrogens is 254 g/mol. The number of carbonyl (C=O) groups excluding carboxylic acids is 1. The summed E-state index contributed by atoms with van der Waals surface area (Å²) < 4.78 is 25.9. The zero-order valence-corrected chi connectivity index (χ0v) is 10.6. The highest BCUT2D eigenvalue weighted by Crippen LogP contribution is 2.23. The zero-order valence-electron chi connectivity index (χ0n) is 9.82. The molecule has 2 rings (SSSR count). The molecule has 0 radical (unpaired) electrons. The molecule has 1 fully saturated rings. The van der Waals surface area contributed by atoms with Gasteiger partial charge in [0.15, 0.2) is 5.03 Å². The first-order valence-corrected chi connectivity index (χ1v) is 7.19. The average Bonchev–Trinajstić information content (AvgIpc) is 2.39. The molecule has 1 aliphatic rings. The van der Waals surface area contributed by atoms with Gasteiger partial charge in [-0.25, -0.2) is 13.4 Å². The molecule has 0 aromatic carbocycles. The Hall–Kier alpha value is -1.47. The summed E-state index contributed by atoms with van der Waals surface area (Å²) in [5.41, 5.74) is 5.27. The van der Waals surface area contributed by atoms with Crippen LogP contribution >= 0.6 is 0 Å². The molecule has 1 amide bonds. The van der Waals surface area contributed by atoms with Crippen molar-refractivity contribution in [3.05, 3.63) is 24.4 Å². The molecule has 7 heteroatoms. The third-order valence-corrected chi connectivity index (χ3v) is 4.82. The summed E-state index contributed by atoms with van der Waals surface area (Å²) >= 11 is 0. The Balaban J connectivity index is 2.36. The van der Waals surface area contributed by atoms with E-state index in [1.807, 2.05) is 0 Å². The van der Waals surface area contributed by atoms with Crippen molar-refractivity contribution >= 4 is 15.9 Å². The lowest BCUT2D eigenvalue weighted by molar-refractivity contribution is -0.122. The maximum Gasteiger partial charge on any atom is 0.261 e. The molecule has 0 spiro atoms. The highest BCUT2D eigenvalue weighted by molar-refractivity contribution is 7.89. The minimum Gasteiger partial charge on any atom is -0.368 e. The summed E-state index contributed by atoms with van der Waals surface area (Å²) in [6.45, 7) is 0.312. The minimum absolute atomic E-state index is 0.0434. The van der Waals surface area contributed by atoms with E-state index < -0.39 is 22.0 Å². The van der Waals surface area contributed by atoms with Crippen LogP contribution in [0.1, 0.15) is 19.3 Å². The molecule has 1 aliphatic heterocycles. The third kappa shape index (κ3) is 2.37. The molecule has 0 unspecified atom stereocenters. The van der Waals surface area contributed by atoms with Crippen molar-refractivity contribution in [2.75, 3.05) is 6.54 Å². The Labute approximate surface area is 106 Å². The molecule has 2 heterocycles. The van der Waals surface area contributed by atoms with Crippen LogP contribution in [0, 0.1) is 0 Å². The van der Waals surface area contributed by atoms with Gasteiger partial charge in [0.05, 0.1) is 0 Å². The molecule has 1 atom stereocenters. The van der Waals surface area contributed by atoms with Crippen LogP contribution in [-0.2, 0) is 14.8 Å². The van der Waals surface area contributed by atoms with Gasteiger partial charge in [0, 0.05) is 12.7 Å². The Morgan fingerprint density at radius 3 is 2.78 bits per heavy atom. The lowest BCUT2D eigenvalue weighted by Crippen LogP contribution is -2.50. The first-order chi connectivity index (χ1) is 8.53. The Kier molecular flexibility index (Phi) is 3.63. The molecule has 1 saturated heterocycles. The lowest BCUT2D eigenvalue weighted by atomic mass is 10.0. The number of rotatable bonds is 3. The number of aromatic nitrogens is 1. The summed E-state index contributed by atoms with van der Waals surface area (Å²) in [4.78, 5) is 15.2. The van der Waals surface area contributed by atoms with E-state index in [4.69, 9.17) is 5.73 Å². The van der Waals surface area contributed by atoms with Crippen LogP contribution in [0.2, 0.25) is 0 Å². The van der Waals surface area contributed by atoms with E-state index in [2.05, 4.69) is 4.98 Å². The molecule has 0 saturated carbocycles. The smallest absolute Gasteiger partial charge is 0.261 e. The molecule has 6 nitrogen and oxygen atoms in total. The Morgan fingerprint density at radius 1 is 1.39 bits per heavy atom.